The topological polar surface area (TPSA) is 59.1 Å². The fraction of sp³-hybridized carbons (Fsp3) is 0.444. The Bertz CT molecular complexity index is 302. The van der Waals surface area contributed by atoms with E-state index in [2.05, 4.69) is 4.98 Å². The Labute approximate surface area is 82.5 Å². The molecule has 0 radical (unpaired) electrons. The first-order chi connectivity index (χ1) is 6.02. The molecule has 0 saturated carbocycles. The van der Waals surface area contributed by atoms with E-state index in [1.165, 1.54) is 6.20 Å². The second-order valence-corrected chi connectivity index (χ2v) is 3.59. The number of aromatic nitrogens is 1. The zero-order valence-corrected chi connectivity index (χ0v) is 8.42. The average molecular weight is 201 g/mol. The Morgan fingerprint density at radius 2 is 2.15 bits per heavy atom. The van der Waals surface area contributed by atoms with Gasteiger partial charge in [-0.1, -0.05) is 18.5 Å². The molecule has 0 amide bonds. The molecule has 4 heteroatoms. The van der Waals surface area contributed by atoms with Crippen molar-refractivity contribution in [2.75, 3.05) is 5.73 Å². The third-order valence-corrected chi connectivity index (χ3v) is 2.34. The van der Waals surface area contributed by atoms with Crippen LogP contribution in [0.4, 0.5) is 5.82 Å². The van der Waals surface area contributed by atoms with Crippen LogP contribution in [0, 0.1) is 0 Å². The van der Waals surface area contributed by atoms with Gasteiger partial charge in [-0.15, -0.1) is 0 Å². The largest absolute Gasteiger partial charge is 0.393 e. The number of nitrogens with two attached hydrogens (primary N) is 1. The van der Waals surface area contributed by atoms with Crippen molar-refractivity contribution >= 4 is 17.4 Å². The number of halogens is 1. The Hall–Kier alpha value is -0.800. The van der Waals surface area contributed by atoms with Crippen LogP contribution in [0.25, 0.3) is 0 Å². The first-order valence-corrected chi connectivity index (χ1v) is 4.49. The summed E-state index contributed by atoms with van der Waals surface area (Å²) in [5, 5.41) is 9.90. The zero-order valence-electron chi connectivity index (χ0n) is 7.66. The highest BCUT2D eigenvalue weighted by Crippen LogP contribution is 2.25. The quantitative estimate of drug-likeness (QED) is 0.766. The van der Waals surface area contributed by atoms with Gasteiger partial charge in [0.05, 0.1) is 11.1 Å². The molecule has 13 heavy (non-hydrogen) atoms. The molecular weight excluding hydrogens is 188 g/mol. The minimum absolute atomic E-state index is 0.0498. The molecule has 1 rings (SSSR count). The van der Waals surface area contributed by atoms with Crippen LogP contribution < -0.4 is 5.73 Å². The van der Waals surface area contributed by atoms with Crippen molar-refractivity contribution < 1.29 is 5.11 Å². The van der Waals surface area contributed by atoms with Crippen LogP contribution in [0.1, 0.15) is 25.3 Å². The lowest BCUT2D eigenvalue weighted by Crippen LogP contribution is -2.13. The van der Waals surface area contributed by atoms with Crippen LogP contribution in [-0.4, -0.2) is 16.2 Å². The first-order valence-electron chi connectivity index (χ1n) is 4.11. The molecule has 0 bridgehead atoms. The molecule has 0 aliphatic heterocycles. The molecule has 2 atom stereocenters. The Kier molecular flexibility index (Phi) is 3.12. The van der Waals surface area contributed by atoms with Crippen LogP contribution in [0.5, 0.6) is 0 Å². The predicted molar refractivity (Wildman–Crippen MR) is 53.8 cm³/mol. The Morgan fingerprint density at radius 1 is 1.54 bits per heavy atom. The van der Waals surface area contributed by atoms with Gasteiger partial charge in [-0.3, -0.25) is 0 Å². The number of pyridine rings is 1. The number of rotatable bonds is 2. The van der Waals surface area contributed by atoms with Crippen molar-refractivity contribution in [3.05, 3.63) is 22.8 Å². The fourth-order valence-electron chi connectivity index (χ4n) is 1.09. The van der Waals surface area contributed by atoms with Gasteiger partial charge in [-0.2, -0.15) is 0 Å². The summed E-state index contributed by atoms with van der Waals surface area (Å²) in [6, 6.07) is 1.74. The van der Waals surface area contributed by atoms with Crippen LogP contribution in [0.3, 0.4) is 0 Å². The van der Waals surface area contributed by atoms with Crippen molar-refractivity contribution in [3.8, 4) is 0 Å². The van der Waals surface area contributed by atoms with E-state index >= 15 is 0 Å². The lowest BCUT2D eigenvalue weighted by Gasteiger charge is -2.16. The third-order valence-electron chi connectivity index (χ3n) is 2.13. The van der Waals surface area contributed by atoms with E-state index in [0.29, 0.717) is 10.8 Å². The average Bonchev–Trinajstić information content (AvgIpc) is 2.08. The molecule has 1 aromatic heterocycles. The van der Waals surface area contributed by atoms with Crippen molar-refractivity contribution in [1.82, 2.24) is 4.98 Å². The Balaban J connectivity index is 3.05. The van der Waals surface area contributed by atoms with Crippen LogP contribution in [-0.2, 0) is 0 Å². The van der Waals surface area contributed by atoms with E-state index in [-0.39, 0.29) is 5.92 Å². The molecule has 3 nitrogen and oxygen atoms in total. The number of aliphatic hydroxyl groups excluding tert-OH is 1. The van der Waals surface area contributed by atoms with E-state index in [1.807, 2.05) is 6.92 Å². The van der Waals surface area contributed by atoms with Gasteiger partial charge in [0.2, 0.25) is 0 Å². The fourth-order valence-corrected chi connectivity index (χ4v) is 1.26. The molecule has 72 valence electrons. The molecule has 0 fully saturated rings. The minimum atomic E-state index is -0.456. The molecule has 2 unspecified atom stereocenters. The van der Waals surface area contributed by atoms with Gasteiger partial charge >= 0.3 is 0 Å². The highest BCUT2D eigenvalue weighted by molar-refractivity contribution is 6.30. The van der Waals surface area contributed by atoms with E-state index < -0.39 is 6.10 Å². The summed E-state index contributed by atoms with van der Waals surface area (Å²) in [6.07, 6.45) is 1.04. The van der Waals surface area contributed by atoms with Crippen LogP contribution in [0.2, 0.25) is 5.02 Å². The summed E-state index contributed by atoms with van der Waals surface area (Å²) in [5.74, 6) is 0.379. The van der Waals surface area contributed by atoms with Gasteiger partial charge in [-0.05, 0) is 13.0 Å². The lowest BCUT2D eigenvalue weighted by molar-refractivity contribution is 0.169. The van der Waals surface area contributed by atoms with Crippen molar-refractivity contribution in [3.63, 3.8) is 0 Å². The number of hydrogen-bond acceptors (Lipinski definition) is 3. The number of aliphatic hydroxyl groups is 1. The molecular formula is C9H13ClN2O. The minimum Gasteiger partial charge on any atom is -0.393 e. The van der Waals surface area contributed by atoms with E-state index in [0.717, 1.165) is 5.56 Å². The van der Waals surface area contributed by atoms with Crippen LogP contribution in [0.15, 0.2) is 12.3 Å². The SMILES string of the molecule is CC(O)C(C)c1cc(Cl)cnc1N. The maximum absolute atomic E-state index is 9.36. The first kappa shape index (κ1) is 10.3. The van der Waals surface area contributed by atoms with Gasteiger partial charge in [0.1, 0.15) is 5.82 Å². The monoisotopic (exact) mass is 200 g/mol. The maximum atomic E-state index is 9.36. The van der Waals surface area contributed by atoms with Crippen LogP contribution >= 0.6 is 11.6 Å². The molecule has 3 N–H and O–H groups in total. The van der Waals surface area contributed by atoms with Crippen molar-refractivity contribution in [2.24, 2.45) is 0 Å². The molecule has 0 spiro atoms. The smallest absolute Gasteiger partial charge is 0.126 e. The summed E-state index contributed by atoms with van der Waals surface area (Å²) >= 11 is 5.77. The van der Waals surface area contributed by atoms with Crippen molar-refractivity contribution in [1.29, 1.82) is 0 Å². The third kappa shape index (κ3) is 2.32. The van der Waals surface area contributed by atoms with Gasteiger partial charge < -0.3 is 10.8 Å². The molecule has 1 heterocycles. The molecule has 0 aromatic carbocycles. The standard InChI is InChI=1S/C9H13ClN2O/c1-5(6(2)13)8-3-7(10)4-12-9(8)11/h3-6,13H,1-2H3,(H2,11,12). The van der Waals surface area contributed by atoms with E-state index in [4.69, 9.17) is 17.3 Å². The summed E-state index contributed by atoms with van der Waals surface area (Å²) in [5.41, 5.74) is 6.44. The number of nitrogen functional groups attached to an aromatic ring is 1. The summed E-state index contributed by atoms with van der Waals surface area (Å²) in [4.78, 5) is 3.92. The number of anilines is 1. The molecule has 1 aromatic rings. The van der Waals surface area contributed by atoms with Gasteiger partial charge in [-0.25, -0.2) is 4.98 Å². The second-order valence-electron chi connectivity index (χ2n) is 3.16. The highest BCUT2D eigenvalue weighted by Gasteiger charge is 2.15. The van der Waals surface area contributed by atoms with E-state index in [9.17, 15) is 5.11 Å². The van der Waals surface area contributed by atoms with Gasteiger partial charge in [0, 0.05) is 17.7 Å². The lowest BCUT2D eigenvalue weighted by atomic mass is 9.97. The molecule has 0 saturated heterocycles. The Morgan fingerprint density at radius 3 is 2.69 bits per heavy atom. The summed E-state index contributed by atoms with van der Waals surface area (Å²) in [7, 11) is 0. The number of hydrogen-bond donors (Lipinski definition) is 2. The highest BCUT2D eigenvalue weighted by atomic mass is 35.5. The molecule has 0 aliphatic rings. The summed E-state index contributed by atoms with van der Waals surface area (Å²) in [6.45, 7) is 3.60. The second kappa shape index (κ2) is 3.94. The van der Waals surface area contributed by atoms with E-state index in [1.54, 1.807) is 13.0 Å². The van der Waals surface area contributed by atoms with Gasteiger partial charge in [0.15, 0.2) is 0 Å². The number of nitrogens with zero attached hydrogens (tertiary/aromatic N) is 1. The van der Waals surface area contributed by atoms with Crippen molar-refractivity contribution in [2.45, 2.75) is 25.9 Å². The zero-order chi connectivity index (χ0) is 10.0. The maximum Gasteiger partial charge on any atom is 0.126 e. The molecule has 0 aliphatic carbocycles. The normalized spacial score (nSPS) is 15.4. The predicted octanol–water partition coefficient (Wildman–Crippen LogP) is 1.80. The van der Waals surface area contributed by atoms with Gasteiger partial charge in [0.25, 0.3) is 0 Å². The summed E-state index contributed by atoms with van der Waals surface area (Å²) < 4.78 is 0.